The van der Waals surface area contributed by atoms with Crippen LogP contribution in [0.2, 0.25) is 0 Å². The molecule has 1 aliphatic heterocycles. The molecule has 0 N–H and O–H groups in total. The van der Waals surface area contributed by atoms with Crippen molar-refractivity contribution in [2.24, 2.45) is 0 Å². The molecule has 118 valence electrons. The number of morpholine rings is 1. The van der Waals surface area contributed by atoms with Crippen molar-refractivity contribution in [1.29, 1.82) is 0 Å². The van der Waals surface area contributed by atoms with E-state index in [1.807, 2.05) is 6.92 Å². The van der Waals surface area contributed by atoms with Gasteiger partial charge in [0.2, 0.25) is 0 Å². The fraction of sp³-hybridized carbons (Fsp3) is 0.353. The van der Waals surface area contributed by atoms with Crippen LogP contribution >= 0.6 is 11.3 Å². The Bertz CT molecular complexity index is 847. The molecule has 3 heterocycles. The molecule has 1 atom stereocenters. The minimum absolute atomic E-state index is 0.112. The van der Waals surface area contributed by atoms with Gasteiger partial charge in [0.05, 0.1) is 18.7 Å². The topological polar surface area (TPSA) is 51.1 Å². The normalized spacial score (nSPS) is 18.5. The van der Waals surface area contributed by atoms with E-state index in [0.717, 1.165) is 34.0 Å². The summed E-state index contributed by atoms with van der Waals surface area (Å²) in [6, 6.07) is 6.35. The van der Waals surface area contributed by atoms with Crippen LogP contribution in [0.3, 0.4) is 0 Å². The number of aromatic nitrogens is 3. The molecule has 0 bridgehead atoms. The molecule has 0 aliphatic carbocycles. The van der Waals surface area contributed by atoms with Gasteiger partial charge in [-0.25, -0.2) is 15.0 Å². The van der Waals surface area contributed by atoms with Gasteiger partial charge in [0, 0.05) is 23.0 Å². The van der Waals surface area contributed by atoms with Crippen LogP contribution in [-0.4, -0.2) is 34.7 Å². The zero-order chi connectivity index (χ0) is 15.8. The number of thiazole rings is 1. The van der Waals surface area contributed by atoms with Gasteiger partial charge in [-0.15, -0.1) is 11.3 Å². The molecule has 6 heteroatoms. The molecule has 3 aromatic rings. The van der Waals surface area contributed by atoms with Crippen LogP contribution < -0.4 is 4.90 Å². The Morgan fingerprint density at radius 3 is 3.00 bits per heavy atom. The zero-order valence-corrected chi connectivity index (χ0v) is 14.0. The number of fused-ring (bicyclic) bond motifs is 1. The largest absolute Gasteiger partial charge is 0.377 e. The van der Waals surface area contributed by atoms with Gasteiger partial charge in [0.15, 0.2) is 0 Å². The highest BCUT2D eigenvalue weighted by Crippen LogP contribution is 2.34. The molecule has 1 aromatic carbocycles. The summed E-state index contributed by atoms with van der Waals surface area (Å²) in [4.78, 5) is 16.0. The predicted octanol–water partition coefficient (Wildman–Crippen LogP) is 3.28. The molecule has 23 heavy (non-hydrogen) atoms. The molecule has 1 aliphatic rings. The average molecular weight is 326 g/mol. The van der Waals surface area contributed by atoms with Crippen molar-refractivity contribution < 1.29 is 4.74 Å². The van der Waals surface area contributed by atoms with Crippen molar-refractivity contribution in [3.05, 3.63) is 46.2 Å². The number of hydrogen-bond donors (Lipinski definition) is 0. The van der Waals surface area contributed by atoms with Gasteiger partial charge in [-0.2, -0.15) is 0 Å². The summed E-state index contributed by atoms with van der Waals surface area (Å²) in [5, 5.41) is 4.26. The molecule has 1 saturated heterocycles. The van der Waals surface area contributed by atoms with E-state index in [-0.39, 0.29) is 6.04 Å². The number of rotatable bonds is 2. The van der Waals surface area contributed by atoms with Gasteiger partial charge in [-0.3, -0.25) is 0 Å². The molecule has 0 amide bonds. The number of nitrogens with zero attached hydrogens (tertiary/aromatic N) is 4. The van der Waals surface area contributed by atoms with Crippen molar-refractivity contribution in [3.63, 3.8) is 0 Å². The molecule has 4 rings (SSSR count). The first-order valence-corrected chi connectivity index (χ1v) is 8.59. The third kappa shape index (κ3) is 2.58. The highest BCUT2D eigenvalue weighted by Gasteiger charge is 2.29. The lowest BCUT2D eigenvalue weighted by Crippen LogP contribution is -2.40. The van der Waals surface area contributed by atoms with Crippen molar-refractivity contribution >= 4 is 28.1 Å². The number of ether oxygens (including phenoxy) is 1. The Morgan fingerprint density at radius 2 is 2.17 bits per heavy atom. The van der Waals surface area contributed by atoms with Crippen LogP contribution in [0.25, 0.3) is 10.9 Å². The Hall–Kier alpha value is -2.05. The number of hydrogen-bond acceptors (Lipinski definition) is 6. The van der Waals surface area contributed by atoms with Gasteiger partial charge in [-0.1, -0.05) is 12.1 Å². The van der Waals surface area contributed by atoms with E-state index in [2.05, 4.69) is 50.4 Å². The number of anilines is 1. The lowest BCUT2D eigenvalue weighted by Gasteiger charge is -2.35. The summed E-state index contributed by atoms with van der Waals surface area (Å²) < 4.78 is 5.71. The van der Waals surface area contributed by atoms with Crippen LogP contribution in [0.4, 0.5) is 5.82 Å². The van der Waals surface area contributed by atoms with Gasteiger partial charge in [-0.05, 0) is 25.5 Å². The summed E-state index contributed by atoms with van der Waals surface area (Å²) in [6.45, 7) is 6.27. The number of aryl methyl sites for hydroxylation is 2. The van der Waals surface area contributed by atoms with E-state index >= 15 is 0 Å². The maximum Gasteiger partial charge on any atom is 0.140 e. The fourth-order valence-electron chi connectivity index (χ4n) is 3.04. The van der Waals surface area contributed by atoms with E-state index in [4.69, 9.17) is 4.74 Å². The minimum atomic E-state index is 0.112. The first-order chi connectivity index (χ1) is 11.2. The van der Waals surface area contributed by atoms with Gasteiger partial charge >= 0.3 is 0 Å². The maximum absolute atomic E-state index is 5.71. The molecule has 1 fully saturated rings. The maximum atomic E-state index is 5.71. The average Bonchev–Trinajstić information content (AvgIpc) is 3.01. The fourth-order valence-corrected chi connectivity index (χ4v) is 3.93. The monoisotopic (exact) mass is 326 g/mol. The Morgan fingerprint density at radius 1 is 1.26 bits per heavy atom. The summed E-state index contributed by atoms with van der Waals surface area (Å²) in [7, 11) is 0. The first-order valence-electron chi connectivity index (χ1n) is 7.71. The lowest BCUT2D eigenvalue weighted by molar-refractivity contribution is 0.0937. The highest BCUT2D eigenvalue weighted by molar-refractivity contribution is 7.09. The number of benzene rings is 1. The van der Waals surface area contributed by atoms with E-state index in [0.29, 0.717) is 13.2 Å². The van der Waals surface area contributed by atoms with Crippen molar-refractivity contribution in [3.8, 4) is 0 Å². The molecule has 0 radical (unpaired) electrons. The van der Waals surface area contributed by atoms with Crippen LogP contribution in [0.5, 0.6) is 0 Å². The van der Waals surface area contributed by atoms with Crippen LogP contribution in [-0.2, 0) is 4.74 Å². The van der Waals surface area contributed by atoms with Crippen molar-refractivity contribution in [2.75, 3.05) is 24.7 Å². The molecular weight excluding hydrogens is 308 g/mol. The zero-order valence-electron chi connectivity index (χ0n) is 13.2. The van der Waals surface area contributed by atoms with Crippen molar-refractivity contribution in [1.82, 2.24) is 15.0 Å². The lowest BCUT2D eigenvalue weighted by atomic mass is 10.1. The highest BCUT2D eigenvalue weighted by atomic mass is 32.1. The van der Waals surface area contributed by atoms with Gasteiger partial charge in [0.25, 0.3) is 0 Å². The standard InChI is InChI=1S/C17H18N4OS/c1-11-4-3-5-13-15(11)18-10-19-16(13)21-6-7-22-8-14(21)17-20-12(2)9-23-17/h3-5,9-10,14H,6-8H2,1-2H3/t14-/m0/s1. The minimum Gasteiger partial charge on any atom is -0.377 e. The van der Waals surface area contributed by atoms with E-state index in [9.17, 15) is 0 Å². The van der Waals surface area contributed by atoms with Crippen LogP contribution in [0.1, 0.15) is 22.3 Å². The van der Waals surface area contributed by atoms with E-state index in [1.54, 1.807) is 17.7 Å². The van der Waals surface area contributed by atoms with Crippen LogP contribution in [0.15, 0.2) is 29.9 Å². The SMILES string of the molecule is Cc1csc([C@@H]2COCCN2c2ncnc3c(C)cccc23)n1. The van der Waals surface area contributed by atoms with Crippen molar-refractivity contribution in [2.45, 2.75) is 19.9 Å². The quantitative estimate of drug-likeness (QED) is 0.723. The third-order valence-electron chi connectivity index (χ3n) is 4.17. The smallest absolute Gasteiger partial charge is 0.140 e. The van der Waals surface area contributed by atoms with Gasteiger partial charge < -0.3 is 9.64 Å². The first kappa shape index (κ1) is 14.5. The second-order valence-corrected chi connectivity index (χ2v) is 6.67. The van der Waals surface area contributed by atoms with E-state index < -0.39 is 0 Å². The molecular formula is C17H18N4OS. The number of para-hydroxylation sites is 1. The third-order valence-corrected chi connectivity index (χ3v) is 5.23. The van der Waals surface area contributed by atoms with Gasteiger partial charge in [0.1, 0.15) is 23.2 Å². The molecule has 0 saturated carbocycles. The summed E-state index contributed by atoms with van der Waals surface area (Å²) >= 11 is 1.69. The molecule has 0 unspecified atom stereocenters. The second-order valence-electron chi connectivity index (χ2n) is 5.78. The molecule has 0 spiro atoms. The predicted molar refractivity (Wildman–Crippen MR) is 92.0 cm³/mol. The summed E-state index contributed by atoms with van der Waals surface area (Å²) in [5.74, 6) is 0.972. The van der Waals surface area contributed by atoms with E-state index in [1.165, 1.54) is 5.56 Å². The summed E-state index contributed by atoms with van der Waals surface area (Å²) in [5.41, 5.74) is 3.23. The Balaban J connectivity index is 1.83. The Labute approximate surface area is 139 Å². The Kier molecular flexibility index (Phi) is 3.71. The van der Waals surface area contributed by atoms with Crippen LogP contribution in [0, 0.1) is 13.8 Å². The second kappa shape index (κ2) is 5.86. The summed E-state index contributed by atoms with van der Waals surface area (Å²) in [6.07, 6.45) is 1.66. The molecule has 5 nitrogen and oxygen atoms in total. The molecule has 2 aromatic heterocycles.